The van der Waals surface area contributed by atoms with Gasteiger partial charge in [0.2, 0.25) is 0 Å². The molecular weight excluding hydrogens is 280 g/mol. The Bertz CT molecular complexity index is 632. The maximum absolute atomic E-state index is 11.4. The first-order valence-electron chi connectivity index (χ1n) is 5.98. The zero-order valence-electron chi connectivity index (χ0n) is 11.1. The molecule has 104 valence electrons. The minimum atomic E-state index is -0.540. The van der Waals surface area contributed by atoms with Crippen LogP contribution in [0, 0.1) is 0 Å². The molecule has 1 heterocycles. The third-order valence-corrected chi connectivity index (χ3v) is 2.87. The number of aromatic nitrogens is 2. The zero-order chi connectivity index (χ0) is 14.5. The SMILES string of the molecule is CCOc1ccc(-c2cncc(C(=O)OC)n2)c(Cl)c1. The Hall–Kier alpha value is -2.14. The fourth-order valence-electron chi connectivity index (χ4n) is 1.66. The summed E-state index contributed by atoms with van der Waals surface area (Å²) in [5, 5.41) is 0.479. The molecule has 0 amide bonds. The van der Waals surface area contributed by atoms with Crippen molar-refractivity contribution in [2.45, 2.75) is 6.92 Å². The third-order valence-electron chi connectivity index (χ3n) is 2.56. The number of benzene rings is 1. The lowest BCUT2D eigenvalue weighted by molar-refractivity contribution is 0.0593. The van der Waals surface area contributed by atoms with Crippen molar-refractivity contribution in [2.75, 3.05) is 13.7 Å². The van der Waals surface area contributed by atoms with Crippen molar-refractivity contribution in [1.82, 2.24) is 9.97 Å². The molecule has 0 radical (unpaired) electrons. The number of carbonyl (C=O) groups excluding carboxylic acids is 1. The lowest BCUT2D eigenvalue weighted by Crippen LogP contribution is -2.05. The number of esters is 1. The number of rotatable bonds is 4. The van der Waals surface area contributed by atoms with Gasteiger partial charge in [-0.2, -0.15) is 0 Å². The fourth-order valence-corrected chi connectivity index (χ4v) is 1.93. The van der Waals surface area contributed by atoms with E-state index in [1.807, 2.05) is 6.92 Å². The second-order valence-corrected chi connectivity index (χ2v) is 4.26. The Labute approximate surface area is 121 Å². The molecular formula is C14H13ClN2O3. The Balaban J connectivity index is 2.38. The molecule has 5 nitrogen and oxygen atoms in total. The molecule has 0 aliphatic heterocycles. The summed E-state index contributed by atoms with van der Waals surface area (Å²) in [6, 6.07) is 5.27. The van der Waals surface area contributed by atoms with Crippen LogP contribution in [0.1, 0.15) is 17.4 Å². The maximum Gasteiger partial charge on any atom is 0.358 e. The van der Waals surface area contributed by atoms with Crippen LogP contribution >= 0.6 is 11.6 Å². The van der Waals surface area contributed by atoms with Crippen molar-refractivity contribution >= 4 is 17.6 Å². The van der Waals surface area contributed by atoms with E-state index >= 15 is 0 Å². The number of hydrogen-bond donors (Lipinski definition) is 0. The number of hydrogen-bond acceptors (Lipinski definition) is 5. The molecule has 1 aromatic carbocycles. The van der Waals surface area contributed by atoms with Crippen LogP contribution < -0.4 is 4.74 Å². The van der Waals surface area contributed by atoms with Crippen LogP contribution in [0.2, 0.25) is 5.02 Å². The largest absolute Gasteiger partial charge is 0.494 e. The summed E-state index contributed by atoms with van der Waals surface area (Å²) >= 11 is 6.20. The van der Waals surface area contributed by atoms with Gasteiger partial charge >= 0.3 is 5.97 Å². The summed E-state index contributed by atoms with van der Waals surface area (Å²) in [5.74, 6) is 0.139. The predicted molar refractivity (Wildman–Crippen MR) is 75.0 cm³/mol. The second kappa shape index (κ2) is 6.34. The van der Waals surface area contributed by atoms with Crippen molar-refractivity contribution in [3.05, 3.63) is 41.3 Å². The summed E-state index contributed by atoms with van der Waals surface area (Å²) in [7, 11) is 1.29. The average Bonchev–Trinajstić information content (AvgIpc) is 2.47. The van der Waals surface area contributed by atoms with E-state index in [9.17, 15) is 4.79 Å². The molecule has 0 atom stereocenters. The first-order chi connectivity index (χ1) is 9.65. The molecule has 0 saturated heterocycles. The van der Waals surface area contributed by atoms with E-state index in [0.29, 0.717) is 28.6 Å². The summed E-state index contributed by atoms with van der Waals surface area (Å²) in [4.78, 5) is 19.6. The molecule has 0 saturated carbocycles. The summed E-state index contributed by atoms with van der Waals surface area (Å²) in [6.45, 7) is 2.46. The van der Waals surface area contributed by atoms with E-state index in [1.54, 1.807) is 18.2 Å². The molecule has 2 aromatic rings. The quantitative estimate of drug-likeness (QED) is 0.811. The van der Waals surface area contributed by atoms with Crippen LogP contribution in [0.15, 0.2) is 30.6 Å². The van der Waals surface area contributed by atoms with Crippen LogP contribution in [0.25, 0.3) is 11.3 Å². The first-order valence-corrected chi connectivity index (χ1v) is 6.36. The number of carbonyl (C=O) groups is 1. The highest BCUT2D eigenvalue weighted by atomic mass is 35.5. The summed E-state index contributed by atoms with van der Waals surface area (Å²) < 4.78 is 9.98. The lowest BCUT2D eigenvalue weighted by atomic mass is 10.1. The molecule has 2 rings (SSSR count). The van der Waals surface area contributed by atoms with Gasteiger partial charge in [-0.1, -0.05) is 11.6 Å². The molecule has 0 fully saturated rings. The summed E-state index contributed by atoms with van der Waals surface area (Å²) in [6.07, 6.45) is 2.88. The van der Waals surface area contributed by atoms with Gasteiger partial charge in [-0.15, -0.1) is 0 Å². The van der Waals surface area contributed by atoms with E-state index < -0.39 is 5.97 Å². The van der Waals surface area contributed by atoms with Crippen molar-refractivity contribution in [3.8, 4) is 17.0 Å². The minimum Gasteiger partial charge on any atom is -0.494 e. The Kier molecular flexibility index (Phi) is 4.53. The van der Waals surface area contributed by atoms with Gasteiger partial charge in [0.05, 0.1) is 36.8 Å². The van der Waals surface area contributed by atoms with Crippen molar-refractivity contribution in [3.63, 3.8) is 0 Å². The van der Waals surface area contributed by atoms with Crippen LogP contribution in [0.4, 0.5) is 0 Å². The molecule has 0 aliphatic rings. The average molecular weight is 293 g/mol. The Morgan fingerprint density at radius 1 is 1.35 bits per heavy atom. The topological polar surface area (TPSA) is 61.3 Å². The van der Waals surface area contributed by atoms with Crippen LogP contribution in [0.5, 0.6) is 5.75 Å². The normalized spacial score (nSPS) is 10.2. The maximum atomic E-state index is 11.4. The highest BCUT2D eigenvalue weighted by Crippen LogP contribution is 2.29. The molecule has 0 unspecified atom stereocenters. The van der Waals surface area contributed by atoms with Gasteiger partial charge in [0.25, 0.3) is 0 Å². The number of halogens is 1. The van der Waals surface area contributed by atoms with Crippen molar-refractivity contribution < 1.29 is 14.3 Å². The van der Waals surface area contributed by atoms with E-state index in [2.05, 4.69) is 14.7 Å². The number of nitrogens with zero attached hydrogens (tertiary/aromatic N) is 2. The lowest BCUT2D eigenvalue weighted by Gasteiger charge is -2.08. The smallest absolute Gasteiger partial charge is 0.358 e. The van der Waals surface area contributed by atoms with E-state index in [-0.39, 0.29) is 5.69 Å². The van der Waals surface area contributed by atoms with Crippen molar-refractivity contribution in [2.24, 2.45) is 0 Å². The molecule has 0 aliphatic carbocycles. The highest BCUT2D eigenvalue weighted by molar-refractivity contribution is 6.33. The number of methoxy groups -OCH3 is 1. The molecule has 20 heavy (non-hydrogen) atoms. The standard InChI is InChI=1S/C14H13ClN2O3/c1-3-20-9-4-5-10(11(15)6-9)12-7-16-8-13(17-12)14(18)19-2/h4-8H,3H2,1-2H3. The monoisotopic (exact) mass is 292 g/mol. The van der Waals surface area contributed by atoms with Crippen LogP contribution in [0.3, 0.4) is 0 Å². The van der Waals surface area contributed by atoms with Gasteiger partial charge in [-0.25, -0.2) is 9.78 Å². The molecule has 0 N–H and O–H groups in total. The molecule has 0 bridgehead atoms. The Morgan fingerprint density at radius 3 is 2.80 bits per heavy atom. The van der Waals surface area contributed by atoms with Gasteiger partial charge in [-0.05, 0) is 25.1 Å². The van der Waals surface area contributed by atoms with Gasteiger partial charge in [-0.3, -0.25) is 4.98 Å². The first kappa shape index (κ1) is 14.3. The summed E-state index contributed by atoms with van der Waals surface area (Å²) in [5.41, 5.74) is 1.31. The van der Waals surface area contributed by atoms with E-state index in [4.69, 9.17) is 16.3 Å². The van der Waals surface area contributed by atoms with Crippen LogP contribution in [-0.2, 0) is 4.74 Å². The fraction of sp³-hybridized carbons (Fsp3) is 0.214. The van der Waals surface area contributed by atoms with Gasteiger partial charge in [0, 0.05) is 5.56 Å². The van der Waals surface area contributed by atoms with Crippen LogP contribution in [-0.4, -0.2) is 29.7 Å². The van der Waals surface area contributed by atoms with E-state index in [1.165, 1.54) is 19.5 Å². The minimum absolute atomic E-state index is 0.134. The van der Waals surface area contributed by atoms with Crippen molar-refractivity contribution in [1.29, 1.82) is 0 Å². The third kappa shape index (κ3) is 3.05. The molecule has 6 heteroatoms. The van der Waals surface area contributed by atoms with Gasteiger partial charge < -0.3 is 9.47 Å². The zero-order valence-corrected chi connectivity index (χ0v) is 11.8. The molecule has 1 aromatic heterocycles. The number of ether oxygens (including phenoxy) is 2. The van der Waals surface area contributed by atoms with Gasteiger partial charge in [0.15, 0.2) is 5.69 Å². The Morgan fingerprint density at radius 2 is 2.15 bits per heavy atom. The van der Waals surface area contributed by atoms with E-state index in [0.717, 1.165) is 0 Å². The molecule has 0 spiro atoms. The second-order valence-electron chi connectivity index (χ2n) is 3.86. The predicted octanol–water partition coefficient (Wildman–Crippen LogP) is 2.98. The van der Waals surface area contributed by atoms with Gasteiger partial charge in [0.1, 0.15) is 5.75 Å². The highest BCUT2D eigenvalue weighted by Gasteiger charge is 2.12.